The lowest BCUT2D eigenvalue weighted by Crippen LogP contribution is -2.36. The zero-order valence-corrected chi connectivity index (χ0v) is 12.4. The molecule has 0 bridgehead atoms. The summed E-state index contributed by atoms with van der Waals surface area (Å²) in [6.07, 6.45) is 0. The van der Waals surface area contributed by atoms with Crippen molar-refractivity contribution in [3.8, 4) is 0 Å². The van der Waals surface area contributed by atoms with Gasteiger partial charge in [-0.2, -0.15) is 0 Å². The van der Waals surface area contributed by atoms with Gasteiger partial charge in [-0.05, 0) is 26.1 Å². The highest BCUT2D eigenvalue weighted by Crippen LogP contribution is 2.21. The van der Waals surface area contributed by atoms with E-state index < -0.39 is 32.6 Å². The predicted molar refractivity (Wildman–Crippen MR) is 70.8 cm³/mol. The third kappa shape index (κ3) is 3.95. The van der Waals surface area contributed by atoms with Crippen molar-refractivity contribution in [1.82, 2.24) is 10.0 Å². The van der Waals surface area contributed by atoms with Crippen LogP contribution in [0, 0.1) is 11.6 Å². The molecule has 1 aromatic carbocycles. The van der Waals surface area contributed by atoms with Crippen LogP contribution in [-0.2, 0) is 21.3 Å². The Morgan fingerprint density at radius 1 is 1.35 bits per heavy atom. The van der Waals surface area contributed by atoms with Crippen LogP contribution in [0.3, 0.4) is 0 Å². The molecule has 0 aliphatic rings. The minimum Gasteiger partial charge on any atom is -0.383 e. The quantitative estimate of drug-likeness (QED) is 0.788. The second-order valence-corrected chi connectivity index (χ2v) is 6.03. The fourth-order valence-electron chi connectivity index (χ4n) is 1.73. The third-order valence-corrected chi connectivity index (χ3v) is 4.17. The van der Waals surface area contributed by atoms with Crippen LogP contribution in [0.1, 0.15) is 12.5 Å². The van der Waals surface area contributed by atoms with Crippen LogP contribution < -0.4 is 10.0 Å². The molecule has 1 unspecified atom stereocenters. The largest absolute Gasteiger partial charge is 0.383 e. The molecule has 0 aliphatic carbocycles. The van der Waals surface area contributed by atoms with E-state index in [4.69, 9.17) is 4.74 Å². The normalized spacial score (nSPS) is 13.4. The first-order chi connectivity index (χ1) is 9.33. The van der Waals surface area contributed by atoms with E-state index >= 15 is 0 Å². The summed E-state index contributed by atoms with van der Waals surface area (Å²) < 4.78 is 58.8. The summed E-state index contributed by atoms with van der Waals surface area (Å²) >= 11 is 0. The van der Waals surface area contributed by atoms with Gasteiger partial charge in [-0.25, -0.2) is 21.9 Å². The maximum Gasteiger partial charge on any atom is 0.243 e. The van der Waals surface area contributed by atoms with Gasteiger partial charge in [-0.1, -0.05) is 0 Å². The molecular formula is C12H18F2N2O3S. The van der Waals surface area contributed by atoms with Crippen molar-refractivity contribution in [1.29, 1.82) is 0 Å². The Kier molecular flexibility index (Phi) is 6.00. The molecule has 0 saturated carbocycles. The van der Waals surface area contributed by atoms with Crippen molar-refractivity contribution in [2.24, 2.45) is 0 Å². The fourth-order valence-corrected chi connectivity index (χ4v) is 3.07. The molecule has 0 amide bonds. The van der Waals surface area contributed by atoms with E-state index in [2.05, 4.69) is 10.0 Å². The molecule has 0 aromatic heterocycles. The van der Waals surface area contributed by atoms with Crippen molar-refractivity contribution >= 4 is 10.0 Å². The molecule has 0 radical (unpaired) electrons. The number of hydrogen-bond donors (Lipinski definition) is 2. The number of ether oxygens (including phenoxy) is 1. The van der Waals surface area contributed by atoms with Gasteiger partial charge in [0.15, 0.2) is 5.82 Å². The minimum atomic E-state index is -4.07. The Labute approximate surface area is 117 Å². The average molecular weight is 308 g/mol. The number of methoxy groups -OCH3 is 1. The molecule has 5 nitrogen and oxygen atoms in total. The summed E-state index contributed by atoms with van der Waals surface area (Å²) in [5, 5.41) is 2.59. The summed E-state index contributed by atoms with van der Waals surface area (Å²) in [6.45, 7) is 1.62. The highest BCUT2D eigenvalue weighted by atomic mass is 32.2. The van der Waals surface area contributed by atoms with E-state index in [0.29, 0.717) is 0 Å². The first-order valence-corrected chi connectivity index (χ1v) is 7.44. The Balaban J connectivity index is 3.16. The van der Waals surface area contributed by atoms with E-state index in [1.165, 1.54) is 14.2 Å². The van der Waals surface area contributed by atoms with Crippen molar-refractivity contribution in [3.05, 3.63) is 29.3 Å². The van der Waals surface area contributed by atoms with Gasteiger partial charge in [0.25, 0.3) is 0 Å². The minimum absolute atomic E-state index is 0.103. The molecule has 20 heavy (non-hydrogen) atoms. The van der Waals surface area contributed by atoms with Crippen LogP contribution in [0.4, 0.5) is 8.78 Å². The van der Waals surface area contributed by atoms with E-state index in [9.17, 15) is 17.2 Å². The van der Waals surface area contributed by atoms with E-state index in [1.807, 2.05) is 0 Å². The summed E-state index contributed by atoms with van der Waals surface area (Å²) in [5.41, 5.74) is -0.310. The molecule has 0 saturated heterocycles. The predicted octanol–water partition coefficient (Wildman–Crippen LogP) is 0.997. The maximum atomic E-state index is 14.1. The molecule has 0 spiro atoms. The van der Waals surface area contributed by atoms with Crippen molar-refractivity contribution < 1.29 is 21.9 Å². The molecule has 1 aromatic rings. The lowest BCUT2D eigenvalue weighted by atomic mass is 10.2. The highest BCUT2D eigenvalue weighted by Gasteiger charge is 2.24. The lowest BCUT2D eigenvalue weighted by Gasteiger charge is -2.15. The van der Waals surface area contributed by atoms with Crippen LogP contribution in [0.2, 0.25) is 0 Å². The Hall–Kier alpha value is -1.09. The molecule has 0 heterocycles. The number of halogens is 2. The van der Waals surface area contributed by atoms with Gasteiger partial charge < -0.3 is 10.1 Å². The van der Waals surface area contributed by atoms with Crippen molar-refractivity contribution in [3.63, 3.8) is 0 Å². The average Bonchev–Trinajstić information content (AvgIpc) is 2.33. The molecule has 8 heteroatoms. The van der Waals surface area contributed by atoms with Crippen LogP contribution in [0.5, 0.6) is 0 Å². The molecule has 0 fully saturated rings. The van der Waals surface area contributed by atoms with Gasteiger partial charge in [-0.3, -0.25) is 0 Å². The van der Waals surface area contributed by atoms with Crippen LogP contribution in [0.15, 0.2) is 17.0 Å². The van der Waals surface area contributed by atoms with Crippen LogP contribution in [-0.4, -0.2) is 35.2 Å². The van der Waals surface area contributed by atoms with Gasteiger partial charge in [-0.15, -0.1) is 0 Å². The van der Waals surface area contributed by atoms with Gasteiger partial charge >= 0.3 is 0 Å². The first kappa shape index (κ1) is 17.0. The van der Waals surface area contributed by atoms with Gasteiger partial charge in [0.1, 0.15) is 10.7 Å². The zero-order chi connectivity index (χ0) is 15.3. The molecule has 114 valence electrons. The highest BCUT2D eigenvalue weighted by molar-refractivity contribution is 7.89. The number of nitrogens with one attached hydrogen (secondary N) is 2. The first-order valence-electron chi connectivity index (χ1n) is 5.96. The summed E-state index contributed by atoms with van der Waals surface area (Å²) in [5.74, 6) is -1.88. The van der Waals surface area contributed by atoms with Crippen molar-refractivity contribution in [2.75, 3.05) is 20.8 Å². The van der Waals surface area contributed by atoms with E-state index in [0.717, 1.165) is 12.1 Å². The van der Waals surface area contributed by atoms with Gasteiger partial charge in [0.2, 0.25) is 10.0 Å². The van der Waals surface area contributed by atoms with Crippen molar-refractivity contribution in [2.45, 2.75) is 24.4 Å². The topological polar surface area (TPSA) is 67.4 Å². The number of sulfonamides is 1. The summed E-state index contributed by atoms with van der Waals surface area (Å²) in [4.78, 5) is -0.577. The number of rotatable bonds is 7. The Morgan fingerprint density at radius 2 is 2.00 bits per heavy atom. The Morgan fingerprint density at radius 3 is 2.55 bits per heavy atom. The standard InChI is InChI=1S/C12H18F2N2O3S/c1-8(7-19-3)16-20(17,18)11-5-4-10(13)9(6-15-2)12(11)14/h4-5,8,15-16H,6-7H2,1-3H3. The van der Waals surface area contributed by atoms with Gasteiger partial charge in [0.05, 0.1) is 6.61 Å². The lowest BCUT2D eigenvalue weighted by molar-refractivity contribution is 0.180. The zero-order valence-electron chi connectivity index (χ0n) is 11.5. The molecule has 2 N–H and O–H groups in total. The van der Waals surface area contributed by atoms with Crippen LogP contribution in [0.25, 0.3) is 0 Å². The van der Waals surface area contributed by atoms with Gasteiger partial charge in [0, 0.05) is 25.3 Å². The smallest absolute Gasteiger partial charge is 0.243 e. The summed E-state index contributed by atoms with van der Waals surface area (Å²) in [6, 6.07) is 1.32. The Bertz CT molecular complexity index is 564. The maximum absolute atomic E-state index is 14.1. The van der Waals surface area contributed by atoms with E-state index in [-0.39, 0.29) is 18.7 Å². The van der Waals surface area contributed by atoms with E-state index in [1.54, 1.807) is 6.92 Å². The summed E-state index contributed by atoms with van der Waals surface area (Å²) in [7, 11) is -1.13. The second-order valence-electron chi connectivity index (χ2n) is 4.35. The third-order valence-electron chi connectivity index (χ3n) is 2.57. The fraction of sp³-hybridized carbons (Fsp3) is 0.500. The molecule has 0 aliphatic heterocycles. The SMILES string of the molecule is CNCc1c(F)ccc(S(=O)(=O)NC(C)COC)c1F. The number of benzene rings is 1. The second kappa shape index (κ2) is 7.07. The molecule has 1 rings (SSSR count). The monoisotopic (exact) mass is 308 g/mol. The van der Waals surface area contributed by atoms with Crippen LogP contribution >= 0.6 is 0 Å². The molecular weight excluding hydrogens is 290 g/mol. The molecule has 1 atom stereocenters. The number of hydrogen-bond acceptors (Lipinski definition) is 4.